The molecule has 0 atom stereocenters. The van der Waals surface area contributed by atoms with Gasteiger partial charge in [-0.3, -0.25) is 0 Å². The van der Waals surface area contributed by atoms with Crippen LogP contribution in [0.2, 0.25) is 0 Å². The van der Waals surface area contributed by atoms with Crippen LogP contribution < -0.4 is 10.6 Å². The molecule has 1 heterocycles. The van der Waals surface area contributed by atoms with Crippen LogP contribution in [0.15, 0.2) is 0 Å². The summed E-state index contributed by atoms with van der Waals surface area (Å²) in [6.07, 6.45) is -0.929. The molecule has 1 saturated heterocycles. The van der Waals surface area contributed by atoms with E-state index in [0.717, 1.165) is 25.9 Å². The first-order chi connectivity index (χ1) is 8.52. The van der Waals surface area contributed by atoms with Crippen LogP contribution in [0, 0.1) is 0 Å². The summed E-state index contributed by atoms with van der Waals surface area (Å²) in [7, 11) is 0. The Balaban J connectivity index is 1.95. The molecule has 0 amide bonds. The average Bonchev–Trinajstić information content (AvgIpc) is 2.34. The molecule has 0 spiro atoms. The van der Waals surface area contributed by atoms with E-state index in [4.69, 9.17) is 4.74 Å². The van der Waals surface area contributed by atoms with Crippen molar-refractivity contribution in [2.24, 2.45) is 0 Å². The monoisotopic (exact) mass is 272 g/mol. The van der Waals surface area contributed by atoms with Gasteiger partial charge in [0.25, 0.3) is 0 Å². The Bertz CT molecular complexity index is 223. The molecule has 0 aromatic carbocycles. The van der Waals surface area contributed by atoms with E-state index in [-0.39, 0.29) is 12.6 Å². The first-order valence-corrected chi connectivity index (χ1v) is 6.21. The summed E-state index contributed by atoms with van der Waals surface area (Å²) >= 11 is 0. The minimum absolute atomic E-state index is 0.230. The number of hydrogen-bond donors (Lipinski definition) is 2. The van der Waals surface area contributed by atoms with Gasteiger partial charge in [-0.05, 0) is 38.9 Å². The first-order valence-electron chi connectivity index (χ1n) is 6.21. The highest BCUT2D eigenvalue weighted by Gasteiger charge is 2.39. The maximum atomic E-state index is 12.5. The quantitative estimate of drug-likeness (QED) is 0.520. The molecule has 18 heavy (non-hydrogen) atoms. The van der Waals surface area contributed by atoms with E-state index >= 15 is 0 Å². The summed E-state index contributed by atoms with van der Waals surface area (Å²) < 4.78 is 54.2. The molecule has 1 aliphatic heterocycles. The van der Waals surface area contributed by atoms with Crippen molar-refractivity contribution < 1.29 is 22.3 Å². The molecule has 3 nitrogen and oxygen atoms in total. The minimum atomic E-state index is -3.95. The van der Waals surface area contributed by atoms with E-state index in [1.807, 2.05) is 0 Å². The van der Waals surface area contributed by atoms with Crippen molar-refractivity contribution in [3.05, 3.63) is 0 Å². The lowest BCUT2D eigenvalue weighted by molar-refractivity contribution is -0.125. The van der Waals surface area contributed by atoms with Gasteiger partial charge in [-0.25, -0.2) is 8.78 Å². The van der Waals surface area contributed by atoms with Crippen LogP contribution >= 0.6 is 0 Å². The standard InChI is InChI=1S/C11H20F4N2O/c12-10(13)11(14,15)8-17-4-1-7-18-9-2-5-16-6-3-9/h9-10,16-17H,1-8H2. The van der Waals surface area contributed by atoms with Crippen molar-refractivity contribution in [3.63, 3.8) is 0 Å². The van der Waals surface area contributed by atoms with Crippen LogP contribution in [-0.4, -0.2) is 51.2 Å². The lowest BCUT2D eigenvalue weighted by atomic mass is 10.1. The summed E-state index contributed by atoms with van der Waals surface area (Å²) in [5.41, 5.74) is 0. The van der Waals surface area contributed by atoms with Gasteiger partial charge in [0.15, 0.2) is 0 Å². The number of ether oxygens (including phenoxy) is 1. The largest absolute Gasteiger partial charge is 0.378 e. The van der Waals surface area contributed by atoms with E-state index < -0.39 is 18.9 Å². The number of hydrogen-bond acceptors (Lipinski definition) is 3. The number of halogens is 4. The van der Waals surface area contributed by atoms with Crippen molar-refractivity contribution >= 4 is 0 Å². The second-order valence-electron chi connectivity index (χ2n) is 4.41. The second-order valence-corrected chi connectivity index (χ2v) is 4.41. The molecule has 0 radical (unpaired) electrons. The molecule has 1 rings (SSSR count). The lowest BCUT2D eigenvalue weighted by Gasteiger charge is -2.23. The maximum Gasteiger partial charge on any atom is 0.319 e. The predicted molar refractivity (Wildman–Crippen MR) is 60.3 cm³/mol. The Morgan fingerprint density at radius 2 is 1.94 bits per heavy atom. The van der Waals surface area contributed by atoms with Crippen LogP contribution in [0.4, 0.5) is 17.6 Å². The van der Waals surface area contributed by atoms with Gasteiger partial charge in [-0.15, -0.1) is 0 Å². The Kier molecular flexibility index (Phi) is 6.88. The molecule has 0 aliphatic carbocycles. The van der Waals surface area contributed by atoms with E-state index in [1.165, 1.54) is 0 Å². The SMILES string of the molecule is FC(F)C(F)(F)CNCCCOC1CCNCC1. The third kappa shape index (κ3) is 5.97. The smallest absolute Gasteiger partial charge is 0.319 e. The Hall–Kier alpha value is -0.400. The molecular weight excluding hydrogens is 252 g/mol. The van der Waals surface area contributed by atoms with Crippen molar-refractivity contribution in [2.75, 3.05) is 32.8 Å². The highest BCUT2D eigenvalue weighted by Crippen LogP contribution is 2.21. The van der Waals surface area contributed by atoms with E-state index in [0.29, 0.717) is 13.0 Å². The van der Waals surface area contributed by atoms with Crippen LogP contribution in [-0.2, 0) is 4.74 Å². The Labute approximate surface area is 104 Å². The predicted octanol–water partition coefficient (Wildman–Crippen LogP) is 1.64. The van der Waals surface area contributed by atoms with Gasteiger partial charge in [0, 0.05) is 6.61 Å². The number of piperidine rings is 1. The molecule has 1 fully saturated rings. The highest BCUT2D eigenvalue weighted by molar-refractivity contribution is 4.72. The fraction of sp³-hybridized carbons (Fsp3) is 1.00. The van der Waals surface area contributed by atoms with Crippen LogP contribution in [0.3, 0.4) is 0 Å². The summed E-state index contributed by atoms with van der Waals surface area (Å²) in [5.74, 6) is -3.95. The van der Waals surface area contributed by atoms with Crippen LogP contribution in [0.1, 0.15) is 19.3 Å². The highest BCUT2D eigenvalue weighted by atomic mass is 19.3. The normalized spacial score (nSPS) is 18.5. The summed E-state index contributed by atoms with van der Waals surface area (Å²) in [6.45, 7) is 1.61. The second kappa shape index (κ2) is 7.91. The van der Waals surface area contributed by atoms with Gasteiger partial charge < -0.3 is 15.4 Å². The average molecular weight is 272 g/mol. The topological polar surface area (TPSA) is 33.3 Å². The number of nitrogens with one attached hydrogen (secondary N) is 2. The summed E-state index contributed by atoms with van der Waals surface area (Å²) in [4.78, 5) is 0. The van der Waals surface area contributed by atoms with Gasteiger partial charge >= 0.3 is 12.3 Å². The molecule has 0 bridgehead atoms. The van der Waals surface area contributed by atoms with Crippen LogP contribution in [0.5, 0.6) is 0 Å². The maximum absolute atomic E-state index is 12.5. The summed E-state index contributed by atoms with van der Waals surface area (Å²) in [6, 6.07) is 0. The first kappa shape index (κ1) is 15.7. The summed E-state index contributed by atoms with van der Waals surface area (Å²) in [5, 5.41) is 5.53. The third-order valence-corrected chi connectivity index (χ3v) is 2.82. The zero-order valence-corrected chi connectivity index (χ0v) is 10.2. The van der Waals surface area contributed by atoms with Gasteiger partial charge in [0.1, 0.15) is 0 Å². The molecule has 0 aromatic rings. The van der Waals surface area contributed by atoms with E-state index in [9.17, 15) is 17.6 Å². The Morgan fingerprint density at radius 3 is 2.56 bits per heavy atom. The molecule has 108 valence electrons. The minimum Gasteiger partial charge on any atom is -0.378 e. The molecule has 1 aliphatic rings. The zero-order chi connectivity index (χ0) is 13.4. The van der Waals surface area contributed by atoms with E-state index in [1.54, 1.807) is 0 Å². The molecule has 0 unspecified atom stereocenters. The molecule has 0 aromatic heterocycles. The lowest BCUT2D eigenvalue weighted by Crippen LogP contribution is -2.39. The van der Waals surface area contributed by atoms with Crippen LogP contribution in [0.25, 0.3) is 0 Å². The number of rotatable bonds is 8. The zero-order valence-electron chi connectivity index (χ0n) is 10.2. The van der Waals surface area contributed by atoms with Gasteiger partial charge in [0.2, 0.25) is 0 Å². The number of alkyl halides is 4. The van der Waals surface area contributed by atoms with E-state index in [2.05, 4.69) is 10.6 Å². The molecule has 7 heteroatoms. The van der Waals surface area contributed by atoms with Gasteiger partial charge in [-0.1, -0.05) is 0 Å². The van der Waals surface area contributed by atoms with Crippen molar-refractivity contribution in [2.45, 2.75) is 37.7 Å². The molecule has 2 N–H and O–H groups in total. The fourth-order valence-electron chi connectivity index (χ4n) is 1.74. The molecular formula is C11H20F4N2O. The fourth-order valence-corrected chi connectivity index (χ4v) is 1.74. The Morgan fingerprint density at radius 1 is 1.28 bits per heavy atom. The molecule has 0 saturated carbocycles. The van der Waals surface area contributed by atoms with Crippen molar-refractivity contribution in [1.82, 2.24) is 10.6 Å². The third-order valence-electron chi connectivity index (χ3n) is 2.82. The van der Waals surface area contributed by atoms with Crippen molar-refractivity contribution in [3.8, 4) is 0 Å². The van der Waals surface area contributed by atoms with Gasteiger partial charge in [-0.2, -0.15) is 8.78 Å². The van der Waals surface area contributed by atoms with Gasteiger partial charge in [0.05, 0.1) is 12.6 Å². The van der Waals surface area contributed by atoms with Crippen molar-refractivity contribution in [1.29, 1.82) is 0 Å².